The van der Waals surface area contributed by atoms with Crippen LogP contribution in [0.25, 0.3) is 0 Å². The van der Waals surface area contributed by atoms with Crippen LogP contribution in [0.15, 0.2) is 41.1 Å². The molecule has 1 atom stereocenters. The lowest BCUT2D eigenvalue weighted by molar-refractivity contribution is 0.0527. The molecule has 1 aromatic heterocycles. The minimum atomic E-state index is -1.20. The predicted molar refractivity (Wildman–Crippen MR) is 77.7 cm³/mol. The zero-order chi connectivity index (χ0) is 13.9. The molecular formula is C14H14ClNO2S. The van der Waals surface area contributed by atoms with E-state index in [1.807, 2.05) is 5.38 Å². The van der Waals surface area contributed by atoms with Gasteiger partial charge in [-0.2, -0.15) is 11.3 Å². The van der Waals surface area contributed by atoms with Crippen LogP contribution < -0.4 is 5.32 Å². The zero-order valence-corrected chi connectivity index (χ0v) is 12.0. The maximum absolute atomic E-state index is 11.8. The summed E-state index contributed by atoms with van der Waals surface area (Å²) in [6.45, 7) is 1.73. The van der Waals surface area contributed by atoms with Gasteiger partial charge in [-0.15, -0.1) is 0 Å². The molecule has 0 spiro atoms. The highest BCUT2D eigenvalue weighted by molar-refractivity contribution is 7.08. The van der Waals surface area contributed by atoms with E-state index in [-0.39, 0.29) is 12.5 Å². The summed E-state index contributed by atoms with van der Waals surface area (Å²) >= 11 is 7.51. The van der Waals surface area contributed by atoms with Gasteiger partial charge in [0, 0.05) is 21.5 Å². The van der Waals surface area contributed by atoms with E-state index in [1.165, 1.54) is 11.3 Å². The van der Waals surface area contributed by atoms with E-state index in [4.69, 9.17) is 11.6 Å². The van der Waals surface area contributed by atoms with Gasteiger partial charge in [-0.25, -0.2) is 0 Å². The summed E-state index contributed by atoms with van der Waals surface area (Å²) in [5, 5.41) is 17.2. The van der Waals surface area contributed by atoms with Crippen molar-refractivity contribution in [1.29, 1.82) is 0 Å². The summed E-state index contributed by atoms with van der Waals surface area (Å²) in [6.07, 6.45) is 0. The molecule has 1 heterocycles. The number of carbonyl (C=O) groups is 1. The van der Waals surface area contributed by atoms with Gasteiger partial charge >= 0.3 is 0 Å². The summed E-state index contributed by atoms with van der Waals surface area (Å²) in [7, 11) is 0. The Morgan fingerprint density at radius 1 is 1.42 bits per heavy atom. The van der Waals surface area contributed by atoms with Gasteiger partial charge in [-0.05, 0) is 24.4 Å². The van der Waals surface area contributed by atoms with Crippen LogP contribution in [0.3, 0.4) is 0 Å². The van der Waals surface area contributed by atoms with Crippen LogP contribution in [-0.2, 0) is 5.60 Å². The van der Waals surface area contributed by atoms with Crippen molar-refractivity contribution in [2.24, 2.45) is 0 Å². The Labute approximate surface area is 120 Å². The Balaban J connectivity index is 2.06. The highest BCUT2D eigenvalue weighted by Gasteiger charge is 2.26. The highest BCUT2D eigenvalue weighted by Crippen LogP contribution is 2.27. The van der Waals surface area contributed by atoms with E-state index >= 15 is 0 Å². The fourth-order valence-corrected chi connectivity index (χ4v) is 2.72. The second-order valence-electron chi connectivity index (χ2n) is 4.45. The molecule has 0 aliphatic rings. The van der Waals surface area contributed by atoms with Crippen LogP contribution in [0.5, 0.6) is 0 Å². The molecule has 0 fully saturated rings. The monoisotopic (exact) mass is 295 g/mol. The van der Waals surface area contributed by atoms with E-state index in [0.717, 1.165) is 0 Å². The van der Waals surface area contributed by atoms with Crippen LogP contribution in [-0.4, -0.2) is 17.6 Å². The number of hydrogen-bond acceptors (Lipinski definition) is 3. The standard InChI is InChI=1S/C14H14ClNO2S/c1-14(18,11-4-2-3-5-12(11)15)9-16-13(17)10-6-7-19-8-10/h2-8,18H,9H2,1H3,(H,16,17)/t14-/m0/s1. The van der Waals surface area contributed by atoms with Gasteiger partial charge in [0.25, 0.3) is 5.91 Å². The predicted octanol–water partition coefficient (Wildman–Crippen LogP) is 3.04. The van der Waals surface area contributed by atoms with Crippen LogP contribution in [0.4, 0.5) is 0 Å². The van der Waals surface area contributed by atoms with Crippen LogP contribution in [0.1, 0.15) is 22.8 Å². The lowest BCUT2D eigenvalue weighted by atomic mass is 9.96. The van der Waals surface area contributed by atoms with Gasteiger partial charge < -0.3 is 10.4 Å². The summed E-state index contributed by atoms with van der Waals surface area (Å²) in [6, 6.07) is 8.80. The topological polar surface area (TPSA) is 49.3 Å². The van der Waals surface area contributed by atoms with Gasteiger partial charge in [0.05, 0.1) is 6.54 Å². The lowest BCUT2D eigenvalue weighted by Crippen LogP contribution is -2.38. The van der Waals surface area contributed by atoms with Crippen molar-refractivity contribution in [3.05, 3.63) is 57.2 Å². The maximum Gasteiger partial charge on any atom is 0.252 e. The number of amides is 1. The Bertz CT molecular complexity index is 567. The van der Waals surface area contributed by atoms with Crippen LogP contribution >= 0.6 is 22.9 Å². The SMILES string of the molecule is C[C@](O)(CNC(=O)c1ccsc1)c1ccccc1Cl. The Kier molecular flexibility index (Phi) is 4.24. The van der Waals surface area contributed by atoms with Crippen molar-refractivity contribution in [2.45, 2.75) is 12.5 Å². The molecule has 3 nitrogen and oxygen atoms in total. The fraction of sp³-hybridized carbons (Fsp3) is 0.214. The molecule has 0 aliphatic carbocycles. The van der Waals surface area contributed by atoms with Gasteiger partial charge in [0.1, 0.15) is 5.60 Å². The Hall–Kier alpha value is -1.36. The van der Waals surface area contributed by atoms with E-state index < -0.39 is 5.60 Å². The molecule has 0 saturated carbocycles. The smallest absolute Gasteiger partial charge is 0.252 e. The summed E-state index contributed by atoms with van der Waals surface area (Å²) < 4.78 is 0. The molecule has 1 aromatic carbocycles. The van der Waals surface area contributed by atoms with Gasteiger partial charge in [0.2, 0.25) is 0 Å². The van der Waals surface area contributed by atoms with Crippen molar-refractivity contribution in [2.75, 3.05) is 6.54 Å². The highest BCUT2D eigenvalue weighted by atomic mass is 35.5. The molecule has 0 radical (unpaired) electrons. The molecule has 2 N–H and O–H groups in total. The lowest BCUT2D eigenvalue weighted by Gasteiger charge is -2.25. The Morgan fingerprint density at radius 3 is 2.79 bits per heavy atom. The Morgan fingerprint density at radius 2 is 2.16 bits per heavy atom. The first-order valence-corrected chi connectivity index (χ1v) is 7.10. The second-order valence-corrected chi connectivity index (χ2v) is 5.64. The normalized spacial score (nSPS) is 13.8. The van der Waals surface area contributed by atoms with E-state index in [1.54, 1.807) is 42.6 Å². The number of thiophene rings is 1. The molecule has 0 saturated heterocycles. The zero-order valence-electron chi connectivity index (χ0n) is 10.4. The number of hydrogen-bond donors (Lipinski definition) is 2. The molecule has 0 aliphatic heterocycles. The second kappa shape index (κ2) is 5.74. The van der Waals surface area contributed by atoms with Crippen molar-refractivity contribution in [3.63, 3.8) is 0 Å². The quantitative estimate of drug-likeness (QED) is 0.911. The van der Waals surface area contributed by atoms with Gasteiger partial charge in [0.15, 0.2) is 0 Å². The third kappa shape index (κ3) is 3.35. The van der Waals surface area contributed by atoms with Crippen molar-refractivity contribution in [1.82, 2.24) is 5.32 Å². The summed E-state index contributed by atoms with van der Waals surface area (Å²) in [4.78, 5) is 11.8. The van der Waals surface area contributed by atoms with E-state index in [0.29, 0.717) is 16.1 Å². The molecule has 1 amide bonds. The molecule has 2 aromatic rings. The first-order chi connectivity index (χ1) is 9.00. The van der Waals surface area contributed by atoms with Crippen LogP contribution in [0, 0.1) is 0 Å². The van der Waals surface area contributed by atoms with Crippen molar-refractivity contribution in [3.8, 4) is 0 Å². The number of rotatable bonds is 4. The number of halogens is 1. The average Bonchev–Trinajstić information content (AvgIpc) is 2.90. The largest absolute Gasteiger partial charge is 0.384 e. The van der Waals surface area contributed by atoms with Gasteiger partial charge in [-0.3, -0.25) is 4.79 Å². The third-order valence-electron chi connectivity index (χ3n) is 2.83. The maximum atomic E-state index is 11.8. The average molecular weight is 296 g/mol. The van der Waals surface area contributed by atoms with E-state index in [9.17, 15) is 9.90 Å². The molecule has 100 valence electrons. The van der Waals surface area contributed by atoms with E-state index in [2.05, 4.69) is 5.32 Å². The molecule has 0 bridgehead atoms. The molecule has 0 unspecified atom stereocenters. The first kappa shape index (κ1) is 14.1. The number of aliphatic hydroxyl groups is 1. The summed E-state index contributed by atoms with van der Waals surface area (Å²) in [5.74, 6) is -0.200. The number of carbonyl (C=O) groups excluding carboxylic acids is 1. The third-order valence-corrected chi connectivity index (χ3v) is 3.84. The van der Waals surface area contributed by atoms with Crippen molar-refractivity contribution < 1.29 is 9.90 Å². The molecule has 5 heteroatoms. The summed E-state index contributed by atoms with van der Waals surface area (Å²) in [5.41, 5.74) is -0.00782. The van der Waals surface area contributed by atoms with Gasteiger partial charge in [-0.1, -0.05) is 29.8 Å². The van der Waals surface area contributed by atoms with Crippen molar-refractivity contribution >= 4 is 28.8 Å². The first-order valence-electron chi connectivity index (χ1n) is 5.78. The minimum absolute atomic E-state index is 0.103. The molecule has 19 heavy (non-hydrogen) atoms. The fourth-order valence-electron chi connectivity index (χ4n) is 1.74. The number of nitrogens with one attached hydrogen (secondary N) is 1. The van der Waals surface area contributed by atoms with Crippen LogP contribution in [0.2, 0.25) is 5.02 Å². The number of benzene rings is 1. The minimum Gasteiger partial charge on any atom is -0.384 e. The molecular weight excluding hydrogens is 282 g/mol. The molecule has 2 rings (SSSR count).